The van der Waals surface area contributed by atoms with E-state index >= 15 is 0 Å². The third-order valence-electron chi connectivity index (χ3n) is 6.10. The molecule has 0 bridgehead atoms. The molecule has 1 aromatic carbocycles. The van der Waals surface area contributed by atoms with Crippen LogP contribution in [0.15, 0.2) is 36.1 Å². The van der Waals surface area contributed by atoms with Crippen molar-refractivity contribution in [2.45, 2.75) is 117 Å². The first-order valence-corrected chi connectivity index (χ1v) is 13.4. The number of hydrogen-bond acceptors (Lipinski definition) is 5. The van der Waals surface area contributed by atoms with Crippen LogP contribution in [0.2, 0.25) is 0 Å². The second-order valence-electron chi connectivity index (χ2n) is 10.9. The van der Waals surface area contributed by atoms with E-state index in [0.717, 1.165) is 69.8 Å². The maximum atomic E-state index is 12.4. The van der Waals surface area contributed by atoms with Gasteiger partial charge in [-0.05, 0) is 90.8 Å². The average molecular weight is 502 g/mol. The van der Waals surface area contributed by atoms with Gasteiger partial charge in [0.25, 0.3) is 0 Å². The monoisotopic (exact) mass is 501 g/mol. The summed E-state index contributed by atoms with van der Waals surface area (Å²) in [7, 11) is 0. The van der Waals surface area contributed by atoms with Crippen molar-refractivity contribution >= 4 is 17.7 Å². The summed E-state index contributed by atoms with van der Waals surface area (Å²) >= 11 is 0. The molecule has 0 saturated carbocycles. The lowest BCUT2D eigenvalue weighted by atomic mass is 9.90. The van der Waals surface area contributed by atoms with Gasteiger partial charge in [0, 0.05) is 17.5 Å². The maximum Gasteiger partial charge on any atom is 0.343 e. The summed E-state index contributed by atoms with van der Waals surface area (Å²) < 4.78 is 5.29. The molecule has 36 heavy (non-hydrogen) atoms. The van der Waals surface area contributed by atoms with Crippen LogP contribution < -0.4 is 5.32 Å². The van der Waals surface area contributed by atoms with Crippen molar-refractivity contribution in [3.63, 3.8) is 0 Å². The lowest BCUT2D eigenvalue weighted by Crippen LogP contribution is -2.39. The van der Waals surface area contributed by atoms with Crippen LogP contribution in [0.4, 0.5) is 0 Å². The number of aliphatic hydroxyl groups excluding tert-OH is 1. The molecule has 1 rings (SSSR count). The number of carbonyl (C=O) groups is 3. The number of ether oxygens (including phenoxy) is 1. The number of nitrogens with one attached hydrogen (secondary N) is 1. The number of aryl methyl sites for hydroxylation is 1. The Labute approximate surface area is 217 Å². The minimum Gasteiger partial charge on any atom is -0.428 e. The molecule has 2 N–H and O–H groups in total. The third kappa shape index (κ3) is 14.2. The molecule has 0 spiro atoms. The van der Waals surface area contributed by atoms with Crippen LogP contribution in [0.1, 0.15) is 115 Å². The minimum absolute atomic E-state index is 0.0346. The molecule has 1 amide bonds. The van der Waals surface area contributed by atoms with Crippen molar-refractivity contribution in [3.8, 4) is 0 Å². The van der Waals surface area contributed by atoms with E-state index in [9.17, 15) is 19.5 Å². The predicted molar refractivity (Wildman–Crippen MR) is 145 cm³/mol. The molecule has 0 aliphatic carbocycles. The SMILES string of the molecule is CCCCCC(O)CCCC(CCCc1ccc(C(=O)O/C(C)=C\C(=O)NC(C)(C)C)cc1)C(C)=O. The van der Waals surface area contributed by atoms with Crippen molar-refractivity contribution in [2.24, 2.45) is 5.92 Å². The molecule has 0 heterocycles. The molecule has 6 heteroatoms. The molecule has 0 saturated heterocycles. The van der Waals surface area contributed by atoms with Gasteiger partial charge >= 0.3 is 5.97 Å². The summed E-state index contributed by atoms with van der Waals surface area (Å²) in [5.74, 6) is -0.336. The van der Waals surface area contributed by atoms with E-state index in [2.05, 4.69) is 12.2 Å². The Kier molecular flexibility index (Phi) is 14.3. The van der Waals surface area contributed by atoms with Gasteiger partial charge in [0.2, 0.25) is 5.91 Å². The van der Waals surface area contributed by atoms with E-state index in [0.29, 0.717) is 5.56 Å². The molecular formula is C30H47NO5. The van der Waals surface area contributed by atoms with Crippen LogP contribution in [0.25, 0.3) is 0 Å². The molecule has 0 aliphatic heterocycles. The van der Waals surface area contributed by atoms with Gasteiger partial charge in [-0.1, -0.05) is 44.7 Å². The first-order valence-electron chi connectivity index (χ1n) is 13.4. The van der Waals surface area contributed by atoms with Crippen LogP contribution in [-0.4, -0.2) is 34.4 Å². The molecule has 0 fully saturated rings. The second-order valence-corrected chi connectivity index (χ2v) is 10.9. The fourth-order valence-corrected chi connectivity index (χ4v) is 4.11. The standard InChI is InChI=1S/C30H47NO5/c1-7-8-9-15-27(33)16-11-14-25(23(3)32)13-10-12-24-17-19-26(20-18-24)29(35)36-22(2)21-28(34)31-30(4,5)6/h17-21,25,27,33H,7-16H2,1-6H3,(H,31,34)/b22-21-. The van der Waals surface area contributed by atoms with E-state index in [-0.39, 0.29) is 35.0 Å². The number of benzene rings is 1. The zero-order chi connectivity index (χ0) is 27.1. The minimum atomic E-state index is -0.507. The summed E-state index contributed by atoms with van der Waals surface area (Å²) in [6.45, 7) is 11.0. The van der Waals surface area contributed by atoms with Crippen LogP contribution >= 0.6 is 0 Å². The number of ketones is 1. The number of unbranched alkanes of at least 4 members (excludes halogenated alkanes) is 2. The highest BCUT2D eigenvalue weighted by Gasteiger charge is 2.16. The summed E-state index contributed by atoms with van der Waals surface area (Å²) in [5.41, 5.74) is 1.15. The molecule has 2 unspecified atom stereocenters. The highest BCUT2D eigenvalue weighted by molar-refractivity contribution is 5.92. The van der Waals surface area contributed by atoms with Crippen molar-refractivity contribution in [2.75, 3.05) is 0 Å². The Morgan fingerprint density at radius 3 is 2.14 bits per heavy atom. The first-order chi connectivity index (χ1) is 16.9. The van der Waals surface area contributed by atoms with Gasteiger partial charge in [-0.25, -0.2) is 4.79 Å². The van der Waals surface area contributed by atoms with Crippen LogP contribution in [0, 0.1) is 5.92 Å². The van der Waals surface area contributed by atoms with Gasteiger partial charge in [-0.15, -0.1) is 0 Å². The van der Waals surface area contributed by atoms with Gasteiger partial charge in [0.1, 0.15) is 11.5 Å². The largest absolute Gasteiger partial charge is 0.428 e. The summed E-state index contributed by atoms with van der Waals surface area (Å²) in [4.78, 5) is 36.4. The van der Waals surface area contributed by atoms with Gasteiger partial charge in [-0.2, -0.15) is 0 Å². The van der Waals surface area contributed by atoms with E-state index in [1.165, 1.54) is 6.08 Å². The number of amides is 1. The van der Waals surface area contributed by atoms with Crippen LogP contribution in [0.5, 0.6) is 0 Å². The third-order valence-corrected chi connectivity index (χ3v) is 6.10. The molecule has 0 aromatic heterocycles. The van der Waals surface area contributed by atoms with Gasteiger partial charge in [-0.3, -0.25) is 9.59 Å². The number of Topliss-reactive ketones (excluding diaryl/α,β-unsaturated/α-hetero) is 1. The van der Waals surface area contributed by atoms with Gasteiger partial charge in [0.05, 0.1) is 11.7 Å². The molecule has 202 valence electrons. The Balaban J connectivity index is 2.47. The second kappa shape index (κ2) is 16.3. The zero-order valence-electron chi connectivity index (χ0n) is 23.2. The van der Waals surface area contributed by atoms with Crippen molar-refractivity contribution in [1.29, 1.82) is 0 Å². The van der Waals surface area contributed by atoms with Gasteiger partial charge < -0.3 is 15.2 Å². The van der Waals surface area contributed by atoms with E-state index < -0.39 is 5.97 Å². The molecule has 0 radical (unpaired) electrons. The topological polar surface area (TPSA) is 92.7 Å². The number of esters is 1. The Morgan fingerprint density at radius 1 is 0.944 bits per heavy atom. The summed E-state index contributed by atoms with van der Waals surface area (Å²) in [6, 6.07) is 7.25. The summed E-state index contributed by atoms with van der Waals surface area (Å²) in [5, 5.41) is 12.9. The molecule has 6 nitrogen and oxygen atoms in total. The fraction of sp³-hybridized carbons (Fsp3) is 0.633. The highest BCUT2D eigenvalue weighted by Crippen LogP contribution is 2.20. The van der Waals surface area contributed by atoms with Crippen LogP contribution in [-0.2, 0) is 20.7 Å². The lowest BCUT2D eigenvalue weighted by Gasteiger charge is -2.19. The quantitative estimate of drug-likeness (QED) is 0.120. The van der Waals surface area contributed by atoms with E-state index in [1.807, 2.05) is 32.9 Å². The number of aliphatic hydroxyl groups is 1. The fourth-order valence-electron chi connectivity index (χ4n) is 4.11. The number of hydrogen-bond donors (Lipinski definition) is 2. The zero-order valence-corrected chi connectivity index (χ0v) is 23.2. The maximum absolute atomic E-state index is 12.4. The van der Waals surface area contributed by atoms with E-state index in [1.54, 1.807) is 26.0 Å². The lowest BCUT2D eigenvalue weighted by molar-refractivity contribution is -0.121. The molecular weight excluding hydrogens is 454 g/mol. The Bertz CT molecular complexity index is 851. The number of rotatable bonds is 16. The summed E-state index contributed by atoms with van der Waals surface area (Å²) in [6.07, 6.45) is 10.2. The first kappa shape index (κ1) is 31.6. The van der Waals surface area contributed by atoms with Gasteiger partial charge in [0.15, 0.2) is 0 Å². The Hall–Kier alpha value is -2.47. The number of allylic oxidation sites excluding steroid dienone is 1. The van der Waals surface area contributed by atoms with Crippen molar-refractivity contribution < 1.29 is 24.2 Å². The highest BCUT2D eigenvalue weighted by atomic mass is 16.5. The van der Waals surface area contributed by atoms with Crippen molar-refractivity contribution in [3.05, 3.63) is 47.2 Å². The number of carbonyl (C=O) groups excluding carboxylic acids is 3. The van der Waals surface area contributed by atoms with Crippen LogP contribution in [0.3, 0.4) is 0 Å². The molecule has 0 aliphatic rings. The Morgan fingerprint density at radius 2 is 1.56 bits per heavy atom. The molecule has 1 aromatic rings. The average Bonchev–Trinajstić information content (AvgIpc) is 2.77. The normalized spacial score (nSPS) is 13.7. The molecule has 2 atom stereocenters. The predicted octanol–water partition coefficient (Wildman–Crippen LogP) is 6.30. The van der Waals surface area contributed by atoms with Crippen molar-refractivity contribution in [1.82, 2.24) is 5.32 Å². The van der Waals surface area contributed by atoms with E-state index in [4.69, 9.17) is 4.74 Å². The smallest absolute Gasteiger partial charge is 0.343 e.